The molecule has 1 aromatic carbocycles. The fraction of sp³-hybridized carbons (Fsp3) is 0.565. The first kappa shape index (κ1) is 22.6. The van der Waals surface area contributed by atoms with Gasteiger partial charge < -0.3 is 14.3 Å². The molecule has 0 aliphatic heterocycles. The van der Waals surface area contributed by atoms with Crippen LogP contribution >= 0.6 is 0 Å². The van der Waals surface area contributed by atoms with Gasteiger partial charge in [0, 0.05) is 11.4 Å². The van der Waals surface area contributed by atoms with Crippen molar-refractivity contribution < 1.29 is 4.42 Å². The van der Waals surface area contributed by atoms with E-state index >= 15 is 0 Å². The van der Waals surface area contributed by atoms with Crippen molar-refractivity contribution >= 4 is 35.4 Å². The van der Waals surface area contributed by atoms with E-state index in [-0.39, 0.29) is 5.56 Å². The monoisotopic (exact) mass is 410 g/mol. The number of unbranched alkanes of at least 4 members (excludes halogenated alkanes) is 2. The molecule has 2 aromatic heterocycles. The third-order valence-electron chi connectivity index (χ3n) is 6.00. The number of benzene rings is 1. The summed E-state index contributed by atoms with van der Waals surface area (Å²) >= 11 is 0. The predicted octanol–water partition coefficient (Wildman–Crippen LogP) is 2.65. The van der Waals surface area contributed by atoms with Crippen LogP contribution in [-0.2, 0) is 6.54 Å². The Hall–Kier alpha value is -2.12. The molecule has 0 fully saturated rings. The number of fused-ring (bicyclic) bond motifs is 3. The number of rotatable bonds is 11. The number of furan rings is 1. The summed E-state index contributed by atoms with van der Waals surface area (Å²) in [5, 5.41) is 0.903. The van der Waals surface area contributed by atoms with Gasteiger partial charge in [-0.25, -0.2) is 4.98 Å². The number of nitrogens with one attached hydrogen (secondary N) is 1. The Bertz CT molecular complexity index is 1030. The number of nitrogens with zero attached hydrogens (tertiary/aromatic N) is 3. The molecule has 2 heterocycles. The summed E-state index contributed by atoms with van der Waals surface area (Å²) in [5.74, 6) is 0.684. The minimum Gasteiger partial charge on any atom is -0.449 e. The summed E-state index contributed by atoms with van der Waals surface area (Å²) in [6.07, 6.45) is 6.08. The average molecular weight is 410 g/mol. The van der Waals surface area contributed by atoms with Gasteiger partial charge in [0.15, 0.2) is 0 Å². The molecule has 0 saturated heterocycles. The smallest absolute Gasteiger partial charge is 0.294 e. The lowest BCUT2D eigenvalue weighted by atomic mass is 9.95. The van der Waals surface area contributed by atoms with Crippen LogP contribution in [0.25, 0.3) is 22.1 Å². The second-order valence-corrected chi connectivity index (χ2v) is 8.57. The molecule has 6 nitrogen and oxygen atoms in total. The van der Waals surface area contributed by atoms with Gasteiger partial charge in [-0.15, -0.1) is 0 Å². The topological polar surface area (TPSA) is 65.4 Å². The molecule has 162 valence electrons. The molecule has 3 aromatic rings. The number of aromatic amines is 1. The first-order chi connectivity index (χ1) is 14.4. The van der Waals surface area contributed by atoms with Gasteiger partial charge in [-0.1, -0.05) is 44.3 Å². The van der Waals surface area contributed by atoms with Gasteiger partial charge >= 0.3 is 0 Å². The Labute approximate surface area is 180 Å². The normalized spacial score (nSPS) is 13.1. The fourth-order valence-electron chi connectivity index (χ4n) is 4.12. The van der Waals surface area contributed by atoms with Crippen molar-refractivity contribution in [1.82, 2.24) is 19.8 Å². The molecule has 0 spiro atoms. The minimum atomic E-state index is -0.209. The summed E-state index contributed by atoms with van der Waals surface area (Å²) in [6, 6.07) is 6.50. The lowest BCUT2D eigenvalue weighted by Gasteiger charge is -2.29. The summed E-state index contributed by atoms with van der Waals surface area (Å²) in [5.41, 5.74) is 2.58. The van der Waals surface area contributed by atoms with E-state index in [1.54, 1.807) is 0 Å². The van der Waals surface area contributed by atoms with E-state index in [9.17, 15) is 4.79 Å². The van der Waals surface area contributed by atoms with E-state index in [0.29, 0.717) is 35.1 Å². The highest BCUT2D eigenvalue weighted by molar-refractivity contribution is 6.33. The number of H-pyrrole nitrogens is 1. The first-order valence-electron chi connectivity index (χ1n) is 11.2. The van der Waals surface area contributed by atoms with Crippen molar-refractivity contribution in [3.05, 3.63) is 34.4 Å². The molecule has 0 aliphatic rings. The number of hydrogen-bond donors (Lipinski definition) is 1. The van der Waals surface area contributed by atoms with Gasteiger partial charge in [-0.3, -0.25) is 9.69 Å². The van der Waals surface area contributed by atoms with E-state index in [4.69, 9.17) is 9.40 Å². The van der Waals surface area contributed by atoms with E-state index < -0.39 is 0 Å². The third-order valence-corrected chi connectivity index (χ3v) is 6.00. The standard InChI is InChI=1S/C23H35BN4O2/c1-5-7-8-12-28(4)17(6-2)11-13-27(3)15-20-25-21-18-14-16(24)9-10-19(18)30-22(21)23(29)26-20/h9-10,14,17H,5-8,11-13,15,24H2,1-4H3,(H,25,26,29). The molecule has 0 radical (unpaired) electrons. The highest BCUT2D eigenvalue weighted by Crippen LogP contribution is 2.23. The quantitative estimate of drug-likeness (QED) is 0.389. The number of hydrogen-bond acceptors (Lipinski definition) is 5. The molecular weight excluding hydrogens is 375 g/mol. The van der Waals surface area contributed by atoms with Crippen LogP contribution in [0.1, 0.15) is 51.8 Å². The zero-order chi connectivity index (χ0) is 21.7. The van der Waals surface area contributed by atoms with Crippen LogP contribution in [0.5, 0.6) is 0 Å². The Morgan fingerprint density at radius 1 is 1.20 bits per heavy atom. The third kappa shape index (κ3) is 5.32. The maximum atomic E-state index is 12.5. The highest BCUT2D eigenvalue weighted by Gasteiger charge is 2.16. The van der Waals surface area contributed by atoms with Crippen molar-refractivity contribution in [3.8, 4) is 0 Å². The predicted molar refractivity (Wildman–Crippen MR) is 127 cm³/mol. The van der Waals surface area contributed by atoms with Crippen molar-refractivity contribution in [1.29, 1.82) is 0 Å². The van der Waals surface area contributed by atoms with Crippen LogP contribution in [0.3, 0.4) is 0 Å². The Balaban J connectivity index is 1.67. The molecule has 0 aliphatic carbocycles. The zero-order valence-corrected chi connectivity index (χ0v) is 19.1. The van der Waals surface area contributed by atoms with Crippen molar-refractivity contribution in [3.63, 3.8) is 0 Å². The lowest BCUT2D eigenvalue weighted by molar-refractivity contribution is 0.193. The zero-order valence-electron chi connectivity index (χ0n) is 19.1. The molecular formula is C23H35BN4O2. The summed E-state index contributed by atoms with van der Waals surface area (Å²) in [6.45, 7) is 7.24. The molecule has 30 heavy (non-hydrogen) atoms. The van der Waals surface area contributed by atoms with Crippen LogP contribution < -0.4 is 11.0 Å². The Kier molecular flexibility index (Phi) is 7.72. The number of aromatic nitrogens is 2. The molecule has 1 atom stereocenters. The van der Waals surface area contributed by atoms with Crippen LogP contribution in [0.2, 0.25) is 0 Å². The second-order valence-electron chi connectivity index (χ2n) is 8.57. The minimum absolute atomic E-state index is 0.209. The van der Waals surface area contributed by atoms with E-state index in [2.05, 4.69) is 42.7 Å². The maximum absolute atomic E-state index is 12.5. The molecule has 0 bridgehead atoms. The fourth-order valence-corrected chi connectivity index (χ4v) is 4.12. The van der Waals surface area contributed by atoms with Crippen molar-refractivity contribution in [2.45, 2.75) is 58.5 Å². The van der Waals surface area contributed by atoms with Gasteiger partial charge in [0.2, 0.25) is 5.58 Å². The molecule has 7 heteroatoms. The van der Waals surface area contributed by atoms with Crippen molar-refractivity contribution in [2.24, 2.45) is 0 Å². The summed E-state index contributed by atoms with van der Waals surface area (Å²) in [4.78, 5) is 24.9. The van der Waals surface area contributed by atoms with E-state index in [1.807, 2.05) is 26.0 Å². The van der Waals surface area contributed by atoms with Gasteiger partial charge in [-0.05, 0) is 52.5 Å². The Morgan fingerprint density at radius 3 is 2.73 bits per heavy atom. The Morgan fingerprint density at radius 2 is 2.00 bits per heavy atom. The van der Waals surface area contributed by atoms with Crippen molar-refractivity contribution in [2.75, 3.05) is 27.2 Å². The molecule has 1 unspecified atom stereocenters. The summed E-state index contributed by atoms with van der Waals surface area (Å²) in [7, 11) is 6.36. The van der Waals surface area contributed by atoms with Gasteiger partial charge in [0.1, 0.15) is 24.8 Å². The highest BCUT2D eigenvalue weighted by atomic mass is 16.3. The summed E-state index contributed by atoms with van der Waals surface area (Å²) < 4.78 is 5.73. The van der Waals surface area contributed by atoms with Gasteiger partial charge in [0.05, 0.1) is 6.54 Å². The lowest BCUT2D eigenvalue weighted by Crippen LogP contribution is -2.35. The van der Waals surface area contributed by atoms with Crippen LogP contribution in [0.15, 0.2) is 27.4 Å². The van der Waals surface area contributed by atoms with Crippen LogP contribution in [-0.4, -0.2) is 60.8 Å². The molecule has 0 saturated carbocycles. The maximum Gasteiger partial charge on any atom is 0.294 e. The average Bonchev–Trinajstić information content (AvgIpc) is 3.07. The van der Waals surface area contributed by atoms with Gasteiger partial charge in [0.25, 0.3) is 5.56 Å². The van der Waals surface area contributed by atoms with Crippen LogP contribution in [0, 0.1) is 0 Å². The van der Waals surface area contributed by atoms with E-state index in [1.165, 1.54) is 19.3 Å². The molecule has 3 rings (SSSR count). The van der Waals surface area contributed by atoms with E-state index in [0.717, 1.165) is 36.8 Å². The largest absolute Gasteiger partial charge is 0.449 e. The first-order valence-corrected chi connectivity index (χ1v) is 11.2. The second kappa shape index (κ2) is 10.3. The SMILES string of the molecule is Bc1ccc2oc3c(=O)[nH]c(CN(C)CCC(CC)N(C)CCCCC)nc3c2c1. The molecule has 1 N–H and O–H groups in total. The molecule has 0 amide bonds. The van der Waals surface area contributed by atoms with Crippen LogP contribution in [0.4, 0.5) is 0 Å². The van der Waals surface area contributed by atoms with Gasteiger partial charge in [-0.2, -0.15) is 0 Å².